The van der Waals surface area contributed by atoms with E-state index in [1.165, 1.54) is 6.42 Å². The van der Waals surface area contributed by atoms with Crippen LogP contribution in [0.3, 0.4) is 0 Å². The Morgan fingerprint density at radius 1 is 1.27 bits per heavy atom. The van der Waals surface area contributed by atoms with E-state index in [2.05, 4.69) is 33.8 Å². The van der Waals surface area contributed by atoms with Crippen LogP contribution in [0.5, 0.6) is 0 Å². The fourth-order valence-electron chi connectivity index (χ4n) is 1.73. The molecule has 0 aliphatic rings. The van der Waals surface area contributed by atoms with E-state index in [9.17, 15) is 4.79 Å². The number of carboxylic acid groups (broad SMARTS) is 1. The maximum atomic E-state index is 9.93. The molecule has 1 N–H and O–H groups in total. The lowest BCUT2D eigenvalue weighted by atomic mass is 10.1. The number of aromatic nitrogens is 3. The summed E-state index contributed by atoms with van der Waals surface area (Å²) in [6, 6.07) is 10.2. The highest BCUT2D eigenvalue weighted by atomic mass is 16.4. The van der Waals surface area contributed by atoms with Gasteiger partial charge >= 0.3 is 5.97 Å². The van der Waals surface area contributed by atoms with Crippen LogP contribution in [0.1, 0.15) is 40.0 Å². The number of aryl methyl sites for hydroxylation is 1. The quantitative estimate of drug-likeness (QED) is 0.879. The number of carbonyl (C=O) groups is 1. The van der Waals surface area contributed by atoms with Crippen LogP contribution < -0.4 is 0 Å². The van der Waals surface area contributed by atoms with Crippen molar-refractivity contribution in [2.75, 3.05) is 0 Å². The minimum Gasteiger partial charge on any atom is -0.481 e. The highest BCUT2D eigenvalue weighted by Gasteiger charge is 2.05. The van der Waals surface area contributed by atoms with Crippen molar-refractivity contribution in [2.24, 2.45) is 5.92 Å². The van der Waals surface area contributed by atoms with Gasteiger partial charge in [0.15, 0.2) is 5.82 Å². The van der Waals surface area contributed by atoms with Crippen molar-refractivity contribution < 1.29 is 9.90 Å². The van der Waals surface area contributed by atoms with Crippen molar-refractivity contribution >= 4 is 5.97 Å². The third kappa shape index (κ3) is 5.68. The molecule has 0 spiro atoms. The zero-order chi connectivity index (χ0) is 16.4. The van der Waals surface area contributed by atoms with E-state index in [-0.39, 0.29) is 5.92 Å². The Kier molecular flexibility index (Phi) is 7.89. The van der Waals surface area contributed by atoms with Crippen LogP contribution in [-0.4, -0.2) is 25.8 Å². The zero-order valence-corrected chi connectivity index (χ0v) is 13.6. The average molecular weight is 303 g/mol. The highest BCUT2D eigenvalue weighted by Crippen LogP contribution is 2.15. The van der Waals surface area contributed by atoms with Gasteiger partial charge in [-0.3, -0.25) is 4.79 Å². The van der Waals surface area contributed by atoms with Crippen LogP contribution in [0, 0.1) is 5.92 Å². The zero-order valence-electron chi connectivity index (χ0n) is 13.6. The Labute approximate surface area is 132 Å². The minimum absolute atomic E-state index is 0.181. The first-order chi connectivity index (χ1) is 10.6. The molecule has 5 nitrogen and oxygen atoms in total. The molecule has 0 aliphatic carbocycles. The van der Waals surface area contributed by atoms with Crippen molar-refractivity contribution in [1.29, 1.82) is 0 Å². The van der Waals surface area contributed by atoms with Gasteiger partial charge in [-0.25, -0.2) is 0 Å². The van der Waals surface area contributed by atoms with Crippen molar-refractivity contribution in [3.63, 3.8) is 0 Å². The van der Waals surface area contributed by atoms with Crippen LogP contribution in [0.15, 0.2) is 36.7 Å². The Balaban J connectivity index is 0.000000295. The molecule has 0 amide bonds. The van der Waals surface area contributed by atoms with Crippen molar-refractivity contribution in [3.05, 3.63) is 36.7 Å². The van der Waals surface area contributed by atoms with Crippen molar-refractivity contribution in [3.8, 4) is 11.4 Å². The van der Waals surface area contributed by atoms with Gasteiger partial charge in [0.05, 0.1) is 5.92 Å². The SMILES string of the molecule is CCC(C)C(=O)O.CCCCn1cnnc1-c1ccccc1. The summed E-state index contributed by atoms with van der Waals surface area (Å²) in [5.74, 6) is 0.0755. The minimum atomic E-state index is -0.706. The molecule has 0 radical (unpaired) electrons. The lowest BCUT2D eigenvalue weighted by Gasteiger charge is -2.04. The Hall–Kier alpha value is -2.17. The standard InChI is InChI=1S/C12H15N3.C5H10O2/c1-2-3-9-15-10-13-14-12(15)11-7-5-4-6-8-11;1-3-4(2)5(6)7/h4-8,10H,2-3,9H2,1H3;4H,3H2,1-2H3,(H,6,7). The molecule has 120 valence electrons. The molecule has 1 aromatic carbocycles. The number of hydrogen-bond donors (Lipinski definition) is 1. The third-order valence-electron chi connectivity index (χ3n) is 3.43. The number of unbranched alkanes of at least 4 members (excludes halogenated alkanes) is 1. The first-order valence-electron chi connectivity index (χ1n) is 7.76. The van der Waals surface area contributed by atoms with Crippen LogP contribution in [-0.2, 0) is 11.3 Å². The van der Waals surface area contributed by atoms with E-state index in [4.69, 9.17) is 5.11 Å². The molecule has 2 aromatic rings. The van der Waals surface area contributed by atoms with E-state index < -0.39 is 5.97 Å². The number of aliphatic carboxylic acids is 1. The van der Waals surface area contributed by atoms with Crippen LogP contribution in [0.4, 0.5) is 0 Å². The molecular formula is C17H25N3O2. The van der Waals surface area contributed by atoms with Crippen LogP contribution in [0.2, 0.25) is 0 Å². The summed E-state index contributed by atoms with van der Waals surface area (Å²) in [6.45, 7) is 6.74. The number of nitrogens with zero attached hydrogens (tertiary/aromatic N) is 3. The molecule has 2 rings (SSSR count). The molecular weight excluding hydrogens is 278 g/mol. The van der Waals surface area contributed by atoms with Crippen LogP contribution in [0.25, 0.3) is 11.4 Å². The second-order valence-corrected chi connectivity index (χ2v) is 5.22. The summed E-state index contributed by atoms with van der Waals surface area (Å²) in [6.07, 6.45) is 4.87. The van der Waals surface area contributed by atoms with E-state index in [1.54, 1.807) is 13.3 Å². The molecule has 22 heavy (non-hydrogen) atoms. The first-order valence-corrected chi connectivity index (χ1v) is 7.76. The summed E-state index contributed by atoms with van der Waals surface area (Å²) >= 11 is 0. The van der Waals surface area contributed by atoms with Gasteiger partial charge in [0.1, 0.15) is 6.33 Å². The van der Waals surface area contributed by atoms with E-state index >= 15 is 0 Å². The van der Waals surface area contributed by atoms with E-state index in [0.29, 0.717) is 0 Å². The molecule has 1 heterocycles. The van der Waals surface area contributed by atoms with E-state index in [1.807, 2.05) is 25.1 Å². The Morgan fingerprint density at radius 3 is 2.45 bits per heavy atom. The fourth-order valence-corrected chi connectivity index (χ4v) is 1.73. The maximum Gasteiger partial charge on any atom is 0.306 e. The Bertz CT molecular complexity index is 552. The Morgan fingerprint density at radius 2 is 1.95 bits per heavy atom. The summed E-state index contributed by atoms with van der Waals surface area (Å²) in [7, 11) is 0. The molecule has 0 saturated heterocycles. The molecule has 0 saturated carbocycles. The summed E-state index contributed by atoms with van der Waals surface area (Å²) in [5.41, 5.74) is 1.13. The van der Waals surface area contributed by atoms with Gasteiger partial charge in [0, 0.05) is 12.1 Å². The summed E-state index contributed by atoms with van der Waals surface area (Å²) in [5, 5.41) is 16.3. The number of hydrogen-bond acceptors (Lipinski definition) is 3. The second-order valence-electron chi connectivity index (χ2n) is 5.22. The molecule has 1 aromatic heterocycles. The van der Waals surface area contributed by atoms with Gasteiger partial charge in [-0.1, -0.05) is 57.5 Å². The first kappa shape index (κ1) is 17.9. The predicted molar refractivity (Wildman–Crippen MR) is 87.5 cm³/mol. The van der Waals surface area contributed by atoms with Gasteiger partial charge in [-0.2, -0.15) is 0 Å². The van der Waals surface area contributed by atoms with Crippen LogP contribution >= 0.6 is 0 Å². The van der Waals surface area contributed by atoms with Crippen molar-refractivity contribution in [2.45, 2.75) is 46.6 Å². The molecule has 1 unspecified atom stereocenters. The normalized spacial score (nSPS) is 11.4. The third-order valence-corrected chi connectivity index (χ3v) is 3.43. The van der Waals surface area contributed by atoms with Crippen molar-refractivity contribution in [1.82, 2.24) is 14.8 Å². The van der Waals surface area contributed by atoms with Gasteiger partial charge < -0.3 is 9.67 Å². The van der Waals surface area contributed by atoms with Gasteiger partial charge in [-0.15, -0.1) is 10.2 Å². The smallest absolute Gasteiger partial charge is 0.306 e. The lowest BCUT2D eigenvalue weighted by molar-refractivity contribution is -0.141. The average Bonchev–Trinajstić information content (AvgIpc) is 3.01. The molecule has 1 atom stereocenters. The second kappa shape index (κ2) is 9.71. The van der Waals surface area contributed by atoms with Gasteiger partial charge in [0.2, 0.25) is 0 Å². The number of benzene rings is 1. The lowest BCUT2D eigenvalue weighted by Crippen LogP contribution is -2.06. The highest BCUT2D eigenvalue weighted by molar-refractivity contribution is 5.69. The molecule has 5 heteroatoms. The molecule has 0 bridgehead atoms. The number of carboxylic acids is 1. The molecule has 0 fully saturated rings. The predicted octanol–water partition coefficient (Wildman–Crippen LogP) is 3.86. The number of rotatable bonds is 6. The van der Waals surface area contributed by atoms with Gasteiger partial charge in [0.25, 0.3) is 0 Å². The summed E-state index contributed by atoms with van der Waals surface area (Å²) < 4.78 is 2.11. The van der Waals surface area contributed by atoms with E-state index in [0.717, 1.165) is 30.8 Å². The largest absolute Gasteiger partial charge is 0.481 e. The maximum absolute atomic E-state index is 9.93. The topological polar surface area (TPSA) is 68.0 Å². The summed E-state index contributed by atoms with van der Waals surface area (Å²) in [4.78, 5) is 9.93. The van der Waals surface area contributed by atoms with Gasteiger partial charge in [-0.05, 0) is 12.8 Å². The monoisotopic (exact) mass is 303 g/mol. The fraction of sp³-hybridized carbons (Fsp3) is 0.471. The molecule has 0 aliphatic heterocycles.